The maximum Gasteiger partial charge on any atom is 0 e. The molecule has 0 atom stereocenters. The van der Waals surface area contributed by atoms with E-state index in [1.54, 1.807) is 0 Å². The van der Waals surface area contributed by atoms with E-state index in [0.29, 0.717) is 11.5 Å². The van der Waals surface area contributed by atoms with Gasteiger partial charge in [0.25, 0.3) is 0 Å². The van der Waals surface area contributed by atoms with E-state index in [9.17, 15) is 0 Å². The minimum absolute atomic E-state index is 0. The number of hydrogen-bond acceptors (Lipinski definition) is 5. The average Bonchev–Trinajstić information content (AvgIpc) is 3.54. The number of anilines is 5. The van der Waals surface area contributed by atoms with Crippen LogP contribution < -0.4 is 26.7 Å². The van der Waals surface area contributed by atoms with Gasteiger partial charge < -0.3 is 0 Å². The van der Waals surface area contributed by atoms with Crippen LogP contribution in [0.3, 0.4) is 0 Å². The van der Waals surface area contributed by atoms with E-state index in [0.717, 1.165) is 22.9 Å². The monoisotopic (exact) mass is 914 g/mol. The molecule has 3 heterocycles. The van der Waals surface area contributed by atoms with Crippen molar-refractivity contribution in [3.8, 4) is 11.5 Å². The first-order valence-corrected chi connectivity index (χ1v) is 17.9. The van der Waals surface area contributed by atoms with Crippen LogP contribution in [0.4, 0.5) is 28.6 Å². The Hall–Kier alpha value is -3.55. The fraction of sp³-hybridized carbons (Fsp3) is 0.200. The van der Waals surface area contributed by atoms with Crippen LogP contribution in [0.1, 0.15) is 52.7 Å². The van der Waals surface area contributed by atoms with Crippen LogP contribution in [0.2, 0.25) is 0 Å². The summed E-state index contributed by atoms with van der Waals surface area (Å²) < 4.78 is 9.14. The summed E-state index contributed by atoms with van der Waals surface area (Å²) in [4.78, 5) is 11.3. The number of fused-ring (bicyclic) bond motifs is 2. The normalized spacial score (nSPS) is 14.0. The number of para-hydroxylation sites is 1. The van der Waals surface area contributed by atoms with Crippen molar-refractivity contribution >= 4 is 56.7 Å². The molecule has 4 aromatic carbocycles. The van der Waals surface area contributed by atoms with Crippen LogP contribution in [0.25, 0.3) is 0 Å². The molecule has 7 rings (SSSR count). The molecule has 1 aromatic heterocycles. The van der Waals surface area contributed by atoms with Crippen molar-refractivity contribution in [3.63, 3.8) is 0 Å². The summed E-state index contributed by atoms with van der Waals surface area (Å²) in [6.45, 7) is 15.5. The Labute approximate surface area is 303 Å². The minimum Gasteiger partial charge on any atom is -0.0372 e. The molecule has 0 fully saturated rings. The van der Waals surface area contributed by atoms with Crippen molar-refractivity contribution in [2.45, 2.75) is 52.4 Å². The van der Waals surface area contributed by atoms with Gasteiger partial charge in [-0.25, -0.2) is 0 Å². The van der Waals surface area contributed by atoms with Gasteiger partial charge in [-0.2, -0.15) is 0 Å². The van der Waals surface area contributed by atoms with Gasteiger partial charge in [0, 0.05) is 21.1 Å². The van der Waals surface area contributed by atoms with Gasteiger partial charge in [-0.05, 0) is 23.1 Å². The summed E-state index contributed by atoms with van der Waals surface area (Å²) in [5.74, 6) is 2.18. The van der Waals surface area contributed by atoms with E-state index in [1.165, 1.54) is 24.0 Å². The van der Waals surface area contributed by atoms with Gasteiger partial charge in [0.15, 0.2) is 0 Å². The molecule has 0 unspecified atom stereocenters. The summed E-state index contributed by atoms with van der Waals surface area (Å²) >= 11 is -0.599. The Kier molecular flexibility index (Phi) is 9.34. The fourth-order valence-corrected chi connectivity index (χ4v) is 8.44. The fourth-order valence-electron chi connectivity index (χ4n) is 5.52. The zero-order chi connectivity index (χ0) is 32.1. The van der Waals surface area contributed by atoms with Crippen LogP contribution in [0, 0.1) is 18.8 Å². The predicted octanol–water partition coefficient (Wildman–Crippen LogP) is 8.42. The molecule has 47 heavy (non-hydrogen) atoms. The zero-order valence-electron chi connectivity index (χ0n) is 27.4. The van der Waals surface area contributed by atoms with Gasteiger partial charge in [0.1, 0.15) is 0 Å². The van der Waals surface area contributed by atoms with Gasteiger partial charge in [0.05, 0.1) is 0 Å². The molecular formula is C40H37N4OPtTe-3. The molecule has 0 amide bonds. The van der Waals surface area contributed by atoms with E-state index in [2.05, 4.69) is 148 Å². The third kappa shape index (κ3) is 7.02. The minimum atomic E-state index is -0.599. The second-order valence-electron chi connectivity index (χ2n) is 13.6. The molecule has 242 valence electrons. The molecule has 0 N–H and O–H groups in total. The van der Waals surface area contributed by atoms with E-state index >= 15 is 0 Å². The zero-order valence-corrected chi connectivity index (χ0v) is 32.0. The van der Waals surface area contributed by atoms with Crippen molar-refractivity contribution in [3.05, 3.63) is 140 Å². The molecule has 0 aliphatic carbocycles. The molecule has 0 radical (unpaired) electrons. The molecule has 0 saturated carbocycles. The quantitative estimate of drug-likeness (QED) is 0.128. The van der Waals surface area contributed by atoms with Gasteiger partial charge >= 0.3 is 229 Å². The maximum atomic E-state index is 6.44. The number of nitrogens with zero attached hydrogens (tertiary/aromatic N) is 4. The molecule has 5 aromatic rings. The number of benzene rings is 4. The number of aromatic nitrogens is 1. The van der Waals surface area contributed by atoms with Crippen LogP contribution in [0.15, 0.2) is 110 Å². The molecular weight excluding hydrogens is 875 g/mol. The summed E-state index contributed by atoms with van der Waals surface area (Å²) in [5.41, 5.74) is 6.84. The standard InChI is InChI=1S/C40H37N4OTe.Pt/c1-39(2,3)28-11-9-12-30(23-28)42-21-22-43(27-42)31-13-10-14-32(25-31)45-33-17-18-37-35(26-33)44(34-15-7-8-16-36(34)46-37)38-24-29(19-20-41-38)40(4,5)6;/h7-24,27H,1-6H3;/q-3;. The molecule has 0 bridgehead atoms. The number of hydrogen-bond donors (Lipinski definition) is 0. The summed E-state index contributed by atoms with van der Waals surface area (Å²) in [5, 5.41) is 0. The Bertz CT molecular complexity index is 1940. The third-order valence-electron chi connectivity index (χ3n) is 8.15. The van der Waals surface area contributed by atoms with Crippen molar-refractivity contribution in [1.82, 2.24) is 4.98 Å². The molecule has 0 saturated heterocycles. The number of rotatable bonds is 5. The third-order valence-corrected chi connectivity index (χ3v) is 11.3. The van der Waals surface area contributed by atoms with Gasteiger partial charge in [0.2, 0.25) is 0 Å². The molecule has 7 heteroatoms. The van der Waals surface area contributed by atoms with Gasteiger partial charge in [-0.1, -0.05) is 32.9 Å². The first-order chi connectivity index (χ1) is 22.0. The average molecular weight is 912 g/mol. The van der Waals surface area contributed by atoms with E-state index in [1.807, 2.05) is 36.7 Å². The van der Waals surface area contributed by atoms with Gasteiger partial charge in [-0.15, -0.1) is 0 Å². The molecule has 2 aliphatic heterocycles. The topological polar surface area (TPSA) is 31.8 Å². The Morgan fingerprint density at radius 2 is 1.43 bits per heavy atom. The van der Waals surface area contributed by atoms with Crippen LogP contribution in [-0.2, 0) is 31.9 Å². The SMILES string of the molecule is CC(C)(C)c1cccc(N2C=CN(c3[c-]c(Oc4[c-]c5c(cc4)[Te]c4ccccc4N5c4cc(C(C)(C)C)ccn4)ccc3)[CH-]2)c1.[Pt]. The van der Waals surface area contributed by atoms with Crippen LogP contribution in [-0.4, -0.2) is 25.9 Å². The van der Waals surface area contributed by atoms with Crippen molar-refractivity contribution < 1.29 is 25.8 Å². The van der Waals surface area contributed by atoms with Crippen molar-refractivity contribution in [2.75, 3.05) is 14.7 Å². The number of pyridine rings is 1. The molecule has 5 nitrogen and oxygen atoms in total. The molecule has 2 aliphatic rings. The summed E-state index contributed by atoms with van der Waals surface area (Å²) in [6, 6.07) is 39.0. The smallest absolute Gasteiger partial charge is 0 e. The Balaban J connectivity index is 0.00000386. The Morgan fingerprint density at radius 1 is 0.702 bits per heavy atom. The Morgan fingerprint density at radius 3 is 2.23 bits per heavy atom. The number of ether oxygens (including phenoxy) is 1. The largest absolute Gasteiger partial charge is 0.0372 e. The molecule has 0 spiro atoms. The van der Waals surface area contributed by atoms with E-state index < -0.39 is 20.9 Å². The van der Waals surface area contributed by atoms with Crippen molar-refractivity contribution in [1.29, 1.82) is 0 Å². The maximum absolute atomic E-state index is 6.44. The summed E-state index contributed by atoms with van der Waals surface area (Å²) in [6.07, 6.45) is 6.03. The van der Waals surface area contributed by atoms with Crippen LogP contribution in [0.5, 0.6) is 11.5 Å². The summed E-state index contributed by atoms with van der Waals surface area (Å²) in [7, 11) is 0. The van der Waals surface area contributed by atoms with E-state index in [-0.39, 0.29) is 31.9 Å². The second-order valence-corrected chi connectivity index (χ2v) is 16.7. The first-order valence-electron chi connectivity index (χ1n) is 15.5. The predicted molar refractivity (Wildman–Crippen MR) is 190 cm³/mol. The van der Waals surface area contributed by atoms with Crippen LogP contribution >= 0.6 is 0 Å². The first kappa shape index (κ1) is 33.4. The second kappa shape index (κ2) is 13.2. The van der Waals surface area contributed by atoms with Crippen molar-refractivity contribution in [2.24, 2.45) is 0 Å². The van der Waals surface area contributed by atoms with Gasteiger partial charge in [-0.3, -0.25) is 0 Å². The van der Waals surface area contributed by atoms with E-state index in [4.69, 9.17) is 9.72 Å².